The topological polar surface area (TPSA) is 29.3 Å². The summed E-state index contributed by atoms with van der Waals surface area (Å²) in [4.78, 5) is 2.71. The van der Waals surface area contributed by atoms with Crippen molar-refractivity contribution in [2.45, 2.75) is 70.9 Å². The number of nitrogens with two attached hydrogens (primary N) is 1. The molecule has 2 atom stereocenters. The van der Waals surface area contributed by atoms with Gasteiger partial charge in [0, 0.05) is 18.6 Å². The third-order valence-corrected chi connectivity index (χ3v) is 5.22. The van der Waals surface area contributed by atoms with Crippen LogP contribution in [0.1, 0.15) is 58.8 Å². The quantitative estimate of drug-likeness (QED) is 0.798. The van der Waals surface area contributed by atoms with Gasteiger partial charge in [-0.05, 0) is 44.1 Å². The minimum Gasteiger partial charge on any atom is -0.326 e. The van der Waals surface area contributed by atoms with Gasteiger partial charge in [0.1, 0.15) is 0 Å². The zero-order valence-corrected chi connectivity index (χ0v) is 11.0. The fourth-order valence-electron chi connectivity index (χ4n) is 3.67. The summed E-state index contributed by atoms with van der Waals surface area (Å²) < 4.78 is 0. The molecule has 0 amide bonds. The second kappa shape index (κ2) is 5.05. The molecular weight excluding hydrogens is 196 g/mol. The maximum Gasteiger partial charge on any atom is 0.0247 e. The van der Waals surface area contributed by atoms with Gasteiger partial charge in [-0.1, -0.05) is 26.7 Å². The van der Waals surface area contributed by atoms with Gasteiger partial charge in [-0.2, -0.15) is 0 Å². The number of hydrogen-bond acceptors (Lipinski definition) is 2. The van der Waals surface area contributed by atoms with Crippen molar-refractivity contribution < 1.29 is 0 Å². The molecule has 2 fully saturated rings. The Labute approximate surface area is 101 Å². The monoisotopic (exact) mass is 224 g/mol. The summed E-state index contributed by atoms with van der Waals surface area (Å²) in [5, 5.41) is 0. The van der Waals surface area contributed by atoms with Crippen molar-refractivity contribution >= 4 is 0 Å². The fourth-order valence-corrected chi connectivity index (χ4v) is 3.67. The zero-order valence-electron chi connectivity index (χ0n) is 11.0. The average Bonchev–Trinajstić information content (AvgIpc) is 2.75. The molecular formula is C14H28N2. The van der Waals surface area contributed by atoms with E-state index < -0.39 is 0 Å². The summed E-state index contributed by atoms with van der Waals surface area (Å²) in [6.07, 6.45) is 9.38. The van der Waals surface area contributed by atoms with Crippen molar-refractivity contribution in [1.29, 1.82) is 0 Å². The van der Waals surface area contributed by atoms with Crippen LogP contribution in [0.2, 0.25) is 0 Å². The smallest absolute Gasteiger partial charge is 0.0247 e. The van der Waals surface area contributed by atoms with Gasteiger partial charge in [0.05, 0.1) is 0 Å². The molecule has 2 aliphatic rings. The number of rotatable bonds is 3. The molecule has 16 heavy (non-hydrogen) atoms. The highest BCUT2D eigenvalue weighted by atomic mass is 15.2. The standard InChI is InChI=1S/C14H28N2/c1-3-14(4-2)9-10-16(11-14)13-8-6-5-7-12(13)15/h12-13H,3-11,15H2,1-2H3. The Morgan fingerprint density at radius 2 is 1.88 bits per heavy atom. The summed E-state index contributed by atoms with van der Waals surface area (Å²) in [6, 6.07) is 1.13. The van der Waals surface area contributed by atoms with Crippen LogP contribution in [-0.2, 0) is 0 Å². The second-order valence-corrected chi connectivity index (χ2v) is 5.94. The lowest BCUT2D eigenvalue weighted by molar-refractivity contribution is 0.143. The molecule has 2 nitrogen and oxygen atoms in total. The molecule has 94 valence electrons. The average molecular weight is 224 g/mol. The van der Waals surface area contributed by atoms with Crippen LogP contribution in [0.4, 0.5) is 0 Å². The number of likely N-dealkylation sites (tertiary alicyclic amines) is 1. The molecule has 0 aromatic carbocycles. The van der Waals surface area contributed by atoms with Gasteiger partial charge < -0.3 is 5.73 Å². The van der Waals surface area contributed by atoms with Crippen LogP contribution in [0, 0.1) is 5.41 Å². The fraction of sp³-hybridized carbons (Fsp3) is 1.00. The van der Waals surface area contributed by atoms with Gasteiger partial charge in [-0.3, -0.25) is 4.90 Å². The highest BCUT2D eigenvalue weighted by molar-refractivity contribution is 4.95. The molecule has 0 radical (unpaired) electrons. The molecule has 2 heteroatoms. The first-order valence-electron chi connectivity index (χ1n) is 7.20. The molecule has 0 spiro atoms. The van der Waals surface area contributed by atoms with Crippen LogP contribution in [0.3, 0.4) is 0 Å². The predicted molar refractivity (Wildman–Crippen MR) is 69.4 cm³/mol. The molecule has 1 heterocycles. The van der Waals surface area contributed by atoms with E-state index in [9.17, 15) is 0 Å². The first-order chi connectivity index (χ1) is 7.71. The third-order valence-electron chi connectivity index (χ3n) is 5.22. The van der Waals surface area contributed by atoms with E-state index in [0.29, 0.717) is 17.5 Å². The van der Waals surface area contributed by atoms with E-state index in [1.807, 2.05) is 0 Å². The van der Waals surface area contributed by atoms with E-state index in [0.717, 1.165) is 0 Å². The van der Waals surface area contributed by atoms with Crippen molar-refractivity contribution in [3.8, 4) is 0 Å². The van der Waals surface area contributed by atoms with E-state index in [1.54, 1.807) is 0 Å². The summed E-state index contributed by atoms with van der Waals surface area (Å²) in [5.41, 5.74) is 6.90. The summed E-state index contributed by atoms with van der Waals surface area (Å²) >= 11 is 0. The van der Waals surface area contributed by atoms with Crippen molar-refractivity contribution in [1.82, 2.24) is 4.90 Å². The van der Waals surface area contributed by atoms with Crippen LogP contribution >= 0.6 is 0 Å². The molecule has 1 aliphatic heterocycles. The Morgan fingerprint density at radius 3 is 2.44 bits per heavy atom. The summed E-state index contributed by atoms with van der Waals surface area (Å²) in [5.74, 6) is 0. The van der Waals surface area contributed by atoms with Gasteiger partial charge in [-0.15, -0.1) is 0 Å². The van der Waals surface area contributed by atoms with Gasteiger partial charge in [0.25, 0.3) is 0 Å². The highest BCUT2D eigenvalue weighted by Gasteiger charge is 2.39. The molecule has 0 aromatic rings. The SMILES string of the molecule is CCC1(CC)CCN(C2CCCCC2N)C1. The predicted octanol–water partition coefficient (Wildman–Crippen LogP) is 2.77. The normalized spacial score (nSPS) is 35.4. The Kier molecular flexibility index (Phi) is 3.91. The van der Waals surface area contributed by atoms with Crippen LogP contribution in [0.25, 0.3) is 0 Å². The number of hydrogen-bond donors (Lipinski definition) is 1. The van der Waals surface area contributed by atoms with Gasteiger partial charge in [0.2, 0.25) is 0 Å². The highest BCUT2D eigenvalue weighted by Crippen LogP contribution is 2.39. The van der Waals surface area contributed by atoms with Crippen molar-refractivity contribution in [3.05, 3.63) is 0 Å². The lowest BCUT2D eigenvalue weighted by Crippen LogP contribution is -2.49. The molecule has 0 bridgehead atoms. The third kappa shape index (κ3) is 2.28. The lowest BCUT2D eigenvalue weighted by Gasteiger charge is -2.37. The number of nitrogens with zero attached hydrogens (tertiary/aromatic N) is 1. The Bertz CT molecular complexity index is 223. The Hall–Kier alpha value is -0.0800. The molecule has 1 saturated heterocycles. The van der Waals surface area contributed by atoms with E-state index in [1.165, 1.54) is 58.0 Å². The van der Waals surface area contributed by atoms with E-state index in [-0.39, 0.29) is 0 Å². The molecule has 2 unspecified atom stereocenters. The minimum atomic E-state index is 0.443. The van der Waals surface area contributed by atoms with Crippen molar-refractivity contribution in [2.75, 3.05) is 13.1 Å². The van der Waals surface area contributed by atoms with E-state index in [2.05, 4.69) is 18.7 Å². The molecule has 2 N–H and O–H groups in total. The first kappa shape index (κ1) is 12.4. The molecule has 2 rings (SSSR count). The van der Waals surface area contributed by atoms with Gasteiger partial charge in [-0.25, -0.2) is 0 Å². The van der Waals surface area contributed by atoms with E-state index >= 15 is 0 Å². The summed E-state index contributed by atoms with van der Waals surface area (Å²) in [6.45, 7) is 7.31. The largest absolute Gasteiger partial charge is 0.326 e. The lowest BCUT2D eigenvalue weighted by atomic mass is 9.81. The molecule has 1 saturated carbocycles. The maximum absolute atomic E-state index is 6.29. The Morgan fingerprint density at radius 1 is 1.19 bits per heavy atom. The van der Waals surface area contributed by atoms with Crippen molar-refractivity contribution in [3.63, 3.8) is 0 Å². The zero-order chi connectivity index (χ0) is 11.6. The van der Waals surface area contributed by atoms with E-state index in [4.69, 9.17) is 5.73 Å². The van der Waals surface area contributed by atoms with Gasteiger partial charge in [0.15, 0.2) is 0 Å². The van der Waals surface area contributed by atoms with Gasteiger partial charge >= 0.3 is 0 Å². The minimum absolute atomic E-state index is 0.443. The Balaban J connectivity index is 1.96. The maximum atomic E-state index is 6.29. The van der Waals surface area contributed by atoms with Crippen LogP contribution in [0.5, 0.6) is 0 Å². The summed E-state index contributed by atoms with van der Waals surface area (Å²) in [7, 11) is 0. The van der Waals surface area contributed by atoms with Crippen molar-refractivity contribution in [2.24, 2.45) is 11.1 Å². The molecule has 1 aliphatic carbocycles. The molecule has 0 aromatic heterocycles. The first-order valence-corrected chi connectivity index (χ1v) is 7.20. The van der Waals surface area contributed by atoms with Crippen LogP contribution in [0.15, 0.2) is 0 Å². The van der Waals surface area contributed by atoms with Crippen LogP contribution in [-0.4, -0.2) is 30.1 Å². The van der Waals surface area contributed by atoms with Crippen LogP contribution < -0.4 is 5.73 Å². The second-order valence-electron chi connectivity index (χ2n) is 5.94.